The molecule has 8 heteroatoms. The Morgan fingerprint density at radius 3 is 2.49 bits per heavy atom. The van der Waals surface area contributed by atoms with Crippen LogP contribution in [0.5, 0.6) is 5.75 Å². The zero-order valence-corrected chi connectivity index (χ0v) is 19.8. The van der Waals surface area contributed by atoms with Crippen molar-refractivity contribution in [2.75, 3.05) is 13.2 Å². The van der Waals surface area contributed by atoms with Crippen molar-refractivity contribution in [2.45, 2.75) is 57.6 Å². The fraction of sp³-hybridized carbons (Fsp3) is 0.407. The van der Waals surface area contributed by atoms with E-state index in [0.717, 1.165) is 6.07 Å². The summed E-state index contributed by atoms with van der Waals surface area (Å²) in [5, 5.41) is 9.30. The van der Waals surface area contributed by atoms with Crippen LogP contribution in [0.2, 0.25) is 0 Å². The first-order valence-corrected chi connectivity index (χ1v) is 11.3. The Labute approximate surface area is 201 Å². The quantitative estimate of drug-likeness (QED) is 0.569. The van der Waals surface area contributed by atoms with Gasteiger partial charge in [0.15, 0.2) is 11.6 Å². The van der Waals surface area contributed by atoms with E-state index >= 15 is 0 Å². The first-order valence-electron chi connectivity index (χ1n) is 11.3. The molecule has 1 aliphatic heterocycles. The Hall–Kier alpha value is -3.15. The summed E-state index contributed by atoms with van der Waals surface area (Å²) < 4.78 is 59.1. The maximum absolute atomic E-state index is 13.9. The van der Waals surface area contributed by atoms with E-state index in [1.165, 1.54) is 6.07 Å². The van der Waals surface area contributed by atoms with E-state index in [0.29, 0.717) is 34.6 Å². The van der Waals surface area contributed by atoms with E-state index < -0.39 is 28.5 Å². The highest BCUT2D eigenvalue weighted by molar-refractivity contribution is 6.33. The van der Waals surface area contributed by atoms with Crippen LogP contribution < -0.4 is 4.74 Å². The topological polar surface area (TPSA) is 68.5 Å². The Morgan fingerprint density at radius 1 is 1.14 bits per heavy atom. The van der Waals surface area contributed by atoms with Crippen LogP contribution in [-0.4, -0.2) is 30.9 Å². The number of nitriles is 1. The highest BCUT2D eigenvalue weighted by atomic mass is 19.4. The van der Waals surface area contributed by atoms with Gasteiger partial charge in [-0.1, -0.05) is 19.9 Å². The lowest BCUT2D eigenvalue weighted by molar-refractivity contribution is -0.141. The molecule has 1 heterocycles. The monoisotopic (exact) mass is 483 g/mol. The third-order valence-electron chi connectivity index (χ3n) is 7.04. The van der Waals surface area contributed by atoms with Gasteiger partial charge in [0.1, 0.15) is 18.5 Å². The predicted molar refractivity (Wildman–Crippen MR) is 121 cm³/mol. The molecule has 0 amide bonds. The van der Waals surface area contributed by atoms with Crippen LogP contribution in [0.3, 0.4) is 0 Å². The maximum Gasteiger partial charge on any atom is 0.417 e. The molecule has 35 heavy (non-hydrogen) atoms. The van der Waals surface area contributed by atoms with Gasteiger partial charge in [-0.15, -0.1) is 0 Å². The highest BCUT2D eigenvalue weighted by Crippen LogP contribution is 2.52. The molecule has 0 N–H and O–H groups in total. The standard InChI is InChI=1S/C27H24F3NO4/c1-25(2)20-9-15(33-12-16-13-34-26(3,4)35-16)6-8-18(20)24(32)22-17-7-5-14(11-31)23(27(28,29)30)19(17)10-21(22)25/h5-9,16H,10,12-13H2,1-4H3/t16-/m0/s1. The van der Waals surface area contributed by atoms with Crippen LogP contribution in [0.1, 0.15) is 65.9 Å². The normalized spacial score (nSPS) is 21.9. The molecule has 182 valence electrons. The van der Waals surface area contributed by atoms with Gasteiger partial charge in [0.2, 0.25) is 0 Å². The predicted octanol–water partition coefficient (Wildman–Crippen LogP) is 5.59. The van der Waals surface area contributed by atoms with Crippen molar-refractivity contribution < 1.29 is 32.2 Å². The van der Waals surface area contributed by atoms with Gasteiger partial charge in [0, 0.05) is 16.6 Å². The first-order chi connectivity index (χ1) is 16.3. The molecule has 0 aromatic heterocycles. The van der Waals surface area contributed by atoms with E-state index in [2.05, 4.69) is 0 Å². The summed E-state index contributed by atoms with van der Waals surface area (Å²) in [5.41, 5.74) is 0.211. The summed E-state index contributed by atoms with van der Waals surface area (Å²) in [6.07, 6.45) is -4.97. The second-order valence-corrected chi connectivity index (χ2v) is 10.1. The van der Waals surface area contributed by atoms with E-state index in [9.17, 15) is 23.2 Å². The lowest BCUT2D eigenvalue weighted by atomic mass is 9.68. The molecule has 5 rings (SSSR count). The fourth-order valence-electron chi connectivity index (χ4n) is 5.36. The van der Waals surface area contributed by atoms with E-state index in [4.69, 9.17) is 14.2 Å². The Balaban J connectivity index is 1.50. The number of hydrogen-bond acceptors (Lipinski definition) is 5. The van der Waals surface area contributed by atoms with Gasteiger partial charge in [0.05, 0.1) is 23.8 Å². The minimum atomic E-state index is -4.70. The minimum absolute atomic E-state index is 0.00625. The lowest BCUT2D eigenvalue weighted by Crippen LogP contribution is -2.30. The Bertz CT molecular complexity index is 1330. The number of nitrogens with zero attached hydrogens (tertiary/aromatic N) is 1. The van der Waals surface area contributed by atoms with Crippen molar-refractivity contribution in [2.24, 2.45) is 0 Å². The van der Waals surface area contributed by atoms with Crippen LogP contribution in [0.25, 0.3) is 5.57 Å². The van der Waals surface area contributed by atoms with Crippen LogP contribution in [0.15, 0.2) is 35.9 Å². The first kappa shape index (κ1) is 23.6. The molecule has 0 saturated carbocycles. The second kappa shape index (κ2) is 7.67. The smallest absolute Gasteiger partial charge is 0.417 e. The summed E-state index contributed by atoms with van der Waals surface area (Å²) in [7, 11) is 0. The van der Waals surface area contributed by atoms with Gasteiger partial charge in [-0.25, -0.2) is 0 Å². The molecule has 1 atom stereocenters. The van der Waals surface area contributed by atoms with Gasteiger partial charge < -0.3 is 14.2 Å². The largest absolute Gasteiger partial charge is 0.491 e. The van der Waals surface area contributed by atoms with E-state index in [1.807, 2.05) is 27.7 Å². The number of fused-ring (bicyclic) bond motifs is 3. The number of ether oxygens (including phenoxy) is 3. The van der Waals surface area contributed by atoms with Crippen molar-refractivity contribution in [3.05, 3.63) is 69.3 Å². The molecule has 1 saturated heterocycles. The minimum Gasteiger partial charge on any atom is -0.491 e. The summed E-state index contributed by atoms with van der Waals surface area (Å²) in [6, 6.07) is 9.41. The Morgan fingerprint density at radius 2 is 1.86 bits per heavy atom. The zero-order chi connectivity index (χ0) is 25.3. The number of halogens is 3. The SMILES string of the molecule is CC1(C)OC[C@H](COc2ccc3c(c2)C(C)(C)C2=C(C3=O)c3ccc(C#N)c(C(F)(F)F)c3C2)O1. The number of ketones is 1. The van der Waals surface area contributed by atoms with Crippen molar-refractivity contribution in [3.63, 3.8) is 0 Å². The number of carbonyl (C=O) groups excluding carboxylic acids is 1. The number of carbonyl (C=O) groups is 1. The summed E-state index contributed by atoms with van der Waals surface area (Å²) in [4.78, 5) is 13.5. The molecule has 2 aromatic rings. The number of benzene rings is 2. The third kappa shape index (κ3) is 3.74. The van der Waals surface area contributed by atoms with Gasteiger partial charge in [-0.3, -0.25) is 4.79 Å². The summed E-state index contributed by atoms with van der Waals surface area (Å²) in [5.74, 6) is -0.439. The van der Waals surface area contributed by atoms with E-state index in [-0.39, 0.29) is 36.0 Å². The molecule has 0 radical (unpaired) electrons. The van der Waals surface area contributed by atoms with Crippen molar-refractivity contribution in [3.8, 4) is 11.8 Å². The molecule has 5 nitrogen and oxygen atoms in total. The zero-order valence-electron chi connectivity index (χ0n) is 19.8. The molecular formula is C27H24F3NO4. The van der Waals surface area contributed by atoms with Crippen molar-refractivity contribution in [1.82, 2.24) is 0 Å². The molecule has 1 fully saturated rings. The fourth-order valence-corrected chi connectivity index (χ4v) is 5.36. The molecule has 0 unspecified atom stereocenters. The van der Waals surface area contributed by atoms with Crippen molar-refractivity contribution in [1.29, 1.82) is 5.26 Å². The highest BCUT2D eigenvalue weighted by Gasteiger charge is 2.47. The number of hydrogen-bond donors (Lipinski definition) is 0. The molecule has 2 aliphatic carbocycles. The number of Topliss-reactive ketones (excluding diaryl/α,β-unsaturated/α-hetero) is 1. The average Bonchev–Trinajstić information content (AvgIpc) is 3.35. The van der Waals surface area contributed by atoms with Crippen LogP contribution in [0.4, 0.5) is 13.2 Å². The number of rotatable bonds is 3. The Kier molecular flexibility index (Phi) is 5.17. The lowest BCUT2D eigenvalue weighted by Gasteiger charge is -2.34. The third-order valence-corrected chi connectivity index (χ3v) is 7.04. The second-order valence-electron chi connectivity index (χ2n) is 10.1. The van der Waals surface area contributed by atoms with Gasteiger partial charge in [0.25, 0.3) is 0 Å². The van der Waals surface area contributed by atoms with Crippen LogP contribution in [0, 0.1) is 11.3 Å². The van der Waals surface area contributed by atoms with Gasteiger partial charge in [-0.05, 0) is 66.8 Å². The van der Waals surface area contributed by atoms with Gasteiger partial charge >= 0.3 is 6.18 Å². The summed E-state index contributed by atoms with van der Waals surface area (Å²) >= 11 is 0. The van der Waals surface area contributed by atoms with Crippen LogP contribution in [-0.2, 0) is 27.5 Å². The average molecular weight is 483 g/mol. The van der Waals surface area contributed by atoms with Crippen LogP contribution >= 0.6 is 0 Å². The molecule has 2 aromatic carbocycles. The molecule has 0 bridgehead atoms. The number of allylic oxidation sites excluding steroid dienone is 2. The molecule has 3 aliphatic rings. The van der Waals surface area contributed by atoms with Gasteiger partial charge in [-0.2, -0.15) is 18.4 Å². The van der Waals surface area contributed by atoms with Crippen molar-refractivity contribution >= 4 is 11.4 Å². The summed E-state index contributed by atoms with van der Waals surface area (Å²) in [6.45, 7) is 8.13. The molecular weight excluding hydrogens is 459 g/mol. The number of alkyl halides is 3. The van der Waals surface area contributed by atoms with E-state index in [1.54, 1.807) is 24.3 Å². The maximum atomic E-state index is 13.9. The molecule has 0 spiro atoms.